The summed E-state index contributed by atoms with van der Waals surface area (Å²) in [4.78, 5) is 0. The van der Waals surface area contributed by atoms with E-state index in [1.165, 1.54) is 64.2 Å². The van der Waals surface area contributed by atoms with Gasteiger partial charge in [-0.15, -0.1) is 0 Å². The first kappa shape index (κ1) is 26.3. The van der Waals surface area contributed by atoms with Crippen LogP contribution in [0.2, 0.25) is 0 Å². The molecule has 0 bridgehead atoms. The number of benzene rings is 1. The van der Waals surface area contributed by atoms with Crippen molar-refractivity contribution in [3.63, 3.8) is 0 Å². The molecule has 0 saturated heterocycles. The number of nitriles is 2. The molecule has 3 nitrogen and oxygen atoms in total. The van der Waals surface area contributed by atoms with Crippen molar-refractivity contribution in [2.24, 2.45) is 23.7 Å². The molecule has 2 saturated carbocycles. The number of nitrogens with zero attached hydrogens (tertiary/aromatic N) is 2. The molecule has 0 atom stereocenters. The van der Waals surface area contributed by atoms with Gasteiger partial charge in [0.15, 0.2) is 0 Å². The molecule has 34 heavy (non-hydrogen) atoms. The van der Waals surface area contributed by atoms with Gasteiger partial charge in [0.25, 0.3) is 0 Å². The van der Waals surface area contributed by atoms with E-state index >= 15 is 0 Å². The molecule has 2 fully saturated rings. The summed E-state index contributed by atoms with van der Waals surface area (Å²) >= 11 is 0. The lowest BCUT2D eigenvalue weighted by Crippen LogP contribution is -2.25. The van der Waals surface area contributed by atoms with Gasteiger partial charge < -0.3 is 4.74 Å². The van der Waals surface area contributed by atoms with Crippen LogP contribution in [-0.4, -0.2) is 6.61 Å². The zero-order valence-corrected chi connectivity index (χ0v) is 21.5. The molecule has 0 aliphatic heterocycles. The summed E-state index contributed by atoms with van der Waals surface area (Å²) in [5, 5.41) is 19.3. The highest BCUT2D eigenvalue weighted by atomic mass is 16.5. The zero-order chi connectivity index (χ0) is 24.2. The number of aryl methyl sites for hydroxylation is 1. The summed E-state index contributed by atoms with van der Waals surface area (Å²) in [6, 6.07) is 8.29. The van der Waals surface area contributed by atoms with Crippen LogP contribution in [0.4, 0.5) is 0 Å². The van der Waals surface area contributed by atoms with Crippen molar-refractivity contribution in [2.75, 3.05) is 6.61 Å². The minimum atomic E-state index is 0.388. The SMILES string of the molecule is CCCCCc1ccc(OCC=CC2CCC(C3CCC(CCC)CC3)CC2)c(C#N)c1C#N. The Morgan fingerprint density at radius 3 is 2.15 bits per heavy atom. The summed E-state index contributed by atoms with van der Waals surface area (Å²) in [5.74, 6) is 4.11. The molecule has 2 aliphatic carbocycles. The Balaban J connectivity index is 1.44. The summed E-state index contributed by atoms with van der Waals surface area (Å²) in [6.07, 6.45) is 22.6. The van der Waals surface area contributed by atoms with Crippen molar-refractivity contribution < 1.29 is 4.74 Å². The molecule has 2 aliphatic rings. The van der Waals surface area contributed by atoms with Crippen LogP contribution in [0.15, 0.2) is 24.3 Å². The molecule has 3 rings (SSSR count). The largest absolute Gasteiger partial charge is 0.488 e. The molecule has 0 amide bonds. The van der Waals surface area contributed by atoms with Crippen molar-refractivity contribution >= 4 is 0 Å². The van der Waals surface area contributed by atoms with Gasteiger partial charge in [0.1, 0.15) is 30.1 Å². The first-order chi connectivity index (χ1) is 16.7. The molecule has 0 N–H and O–H groups in total. The normalized spacial score (nSPS) is 25.1. The first-order valence-corrected chi connectivity index (χ1v) is 14.0. The van der Waals surface area contributed by atoms with Gasteiger partial charge in [0.05, 0.1) is 5.56 Å². The number of unbranched alkanes of at least 4 members (excludes halogenated alkanes) is 2. The molecule has 0 spiro atoms. The Morgan fingerprint density at radius 1 is 0.853 bits per heavy atom. The van der Waals surface area contributed by atoms with Crippen molar-refractivity contribution in [3.8, 4) is 17.9 Å². The van der Waals surface area contributed by atoms with Gasteiger partial charge in [-0.25, -0.2) is 0 Å². The molecule has 0 heterocycles. The number of ether oxygens (including phenoxy) is 1. The van der Waals surface area contributed by atoms with E-state index in [1.54, 1.807) is 0 Å². The Bertz CT molecular complexity index is 859. The highest BCUT2D eigenvalue weighted by Crippen LogP contribution is 2.42. The van der Waals surface area contributed by atoms with Gasteiger partial charge in [0, 0.05) is 0 Å². The quantitative estimate of drug-likeness (QED) is 0.246. The van der Waals surface area contributed by atoms with Gasteiger partial charge in [-0.3, -0.25) is 0 Å². The van der Waals surface area contributed by atoms with Gasteiger partial charge in [-0.1, -0.05) is 70.6 Å². The van der Waals surface area contributed by atoms with Gasteiger partial charge in [0.2, 0.25) is 0 Å². The first-order valence-electron chi connectivity index (χ1n) is 14.0. The van der Waals surface area contributed by atoms with E-state index < -0.39 is 0 Å². The van der Waals surface area contributed by atoms with Crippen LogP contribution in [0.5, 0.6) is 5.75 Å². The van der Waals surface area contributed by atoms with E-state index in [0.717, 1.165) is 49.0 Å². The van der Waals surface area contributed by atoms with Gasteiger partial charge in [-0.2, -0.15) is 10.5 Å². The van der Waals surface area contributed by atoms with Crippen LogP contribution < -0.4 is 4.74 Å². The highest BCUT2D eigenvalue weighted by molar-refractivity contribution is 5.57. The Labute approximate surface area is 208 Å². The molecule has 0 aromatic heterocycles. The molecule has 3 heteroatoms. The van der Waals surface area contributed by atoms with Crippen molar-refractivity contribution in [2.45, 2.75) is 104 Å². The number of allylic oxidation sites excluding steroid dienone is 1. The van der Waals surface area contributed by atoms with E-state index in [2.05, 4.69) is 38.1 Å². The Kier molecular flexibility index (Phi) is 11.0. The number of hydrogen-bond donors (Lipinski definition) is 0. The van der Waals surface area contributed by atoms with Gasteiger partial charge >= 0.3 is 0 Å². The third-order valence-corrected chi connectivity index (χ3v) is 8.34. The van der Waals surface area contributed by atoms with Crippen LogP contribution in [-0.2, 0) is 6.42 Å². The van der Waals surface area contributed by atoms with Crippen molar-refractivity contribution in [3.05, 3.63) is 41.0 Å². The molecule has 1 aromatic rings. The predicted octanol–water partition coefficient (Wildman–Crippen LogP) is 8.51. The zero-order valence-electron chi connectivity index (χ0n) is 21.5. The van der Waals surface area contributed by atoms with Crippen LogP contribution in [0.3, 0.4) is 0 Å². The van der Waals surface area contributed by atoms with E-state index in [1.807, 2.05) is 12.1 Å². The lowest BCUT2D eigenvalue weighted by Gasteiger charge is -2.37. The third-order valence-electron chi connectivity index (χ3n) is 8.34. The maximum Gasteiger partial charge on any atom is 0.138 e. The lowest BCUT2D eigenvalue weighted by atomic mass is 9.69. The lowest BCUT2D eigenvalue weighted by molar-refractivity contribution is 0.152. The second kappa shape index (κ2) is 14.2. The second-order valence-electron chi connectivity index (χ2n) is 10.6. The van der Waals surface area contributed by atoms with Gasteiger partial charge in [-0.05, 0) is 86.7 Å². The molecule has 184 valence electrons. The summed E-state index contributed by atoms with van der Waals surface area (Å²) in [6.45, 7) is 4.94. The van der Waals surface area contributed by atoms with Crippen molar-refractivity contribution in [1.82, 2.24) is 0 Å². The van der Waals surface area contributed by atoms with E-state index in [4.69, 9.17) is 4.74 Å². The fourth-order valence-electron chi connectivity index (χ4n) is 6.31. The second-order valence-corrected chi connectivity index (χ2v) is 10.6. The summed E-state index contributed by atoms with van der Waals surface area (Å²) in [5.41, 5.74) is 1.84. The molecule has 0 radical (unpaired) electrons. The standard InChI is InChI=1S/C31H44N2O/c1-3-5-6-10-28-19-20-31(30(23-33)29(28)22-32)34-21-7-9-25-13-17-27(18-14-25)26-15-11-24(8-4-2)12-16-26/h7,9,19-20,24-27H,3-6,8,10-18,21H2,1-2H3. The molecule has 1 aromatic carbocycles. The van der Waals surface area contributed by atoms with E-state index in [-0.39, 0.29) is 0 Å². The van der Waals surface area contributed by atoms with Crippen LogP contribution >= 0.6 is 0 Å². The monoisotopic (exact) mass is 460 g/mol. The molecular formula is C31H44N2O. The van der Waals surface area contributed by atoms with E-state index in [9.17, 15) is 10.5 Å². The van der Waals surface area contributed by atoms with Crippen LogP contribution in [0, 0.1) is 46.3 Å². The number of rotatable bonds is 11. The fourth-order valence-corrected chi connectivity index (χ4v) is 6.31. The third kappa shape index (κ3) is 7.37. The van der Waals surface area contributed by atoms with Crippen LogP contribution in [0.1, 0.15) is 114 Å². The minimum absolute atomic E-state index is 0.388. The Morgan fingerprint density at radius 2 is 1.53 bits per heavy atom. The smallest absolute Gasteiger partial charge is 0.138 e. The van der Waals surface area contributed by atoms with Crippen LogP contribution in [0.25, 0.3) is 0 Å². The predicted molar refractivity (Wildman–Crippen MR) is 140 cm³/mol. The average Bonchev–Trinajstić information content (AvgIpc) is 2.88. The minimum Gasteiger partial charge on any atom is -0.488 e. The maximum absolute atomic E-state index is 9.66. The van der Waals surface area contributed by atoms with Crippen molar-refractivity contribution in [1.29, 1.82) is 10.5 Å². The fraction of sp³-hybridized carbons (Fsp3) is 0.677. The van der Waals surface area contributed by atoms with E-state index in [0.29, 0.717) is 29.4 Å². The number of hydrogen-bond acceptors (Lipinski definition) is 3. The summed E-state index contributed by atoms with van der Waals surface area (Å²) in [7, 11) is 0. The Hall–Kier alpha value is -2.26. The molecule has 0 unspecified atom stereocenters. The maximum atomic E-state index is 9.66. The summed E-state index contributed by atoms with van der Waals surface area (Å²) < 4.78 is 5.93. The highest BCUT2D eigenvalue weighted by Gasteiger charge is 2.30. The topological polar surface area (TPSA) is 56.8 Å². The average molecular weight is 461 g/mol. The molecular weight excluding hydrogens is 416 g/mol.